The summed E-state index contributed by atoms with van der Waals surface area (Å²) in [6.07, 6.45) is 4.95. The zero-order valence-electron chi connectivity index (χ0n) is 11.7. The van der Waals surface area contributed by atoms with Gasteiger partial charge in [0.1, 0.15) is 0 Å². The summed E-state index contributed by atoms with van der Waals surface area (Å²) in [6, 6.07) is 4.53. The van der Waals surface area contributed by atoms with Crippen LogP contribution in [0.2, 0.25) is 0 Å². The Morgan fingerprint density at radius 3 is 3.15 bits per heavy atom. The molecule has 5 heteroatoms. The first-order valence-corrected chi connectivity index (χ1v) is 8.79. The van der Waals surface area contributed by atoms with E-state index in [0.717, 1.165) is 29.4 Å². The lowest BCUT2D eigenvalue weighted by molar-refractivity contribution is 0.121. The molecule has 0 radical (unpaired) electrons. The second kappa shape index (κ2) is 6.35. The fraction of sp³-hybridized carbons (Fsp3) is 0.533. The molecule has 1 aliphatic heterocycles. The van der Waals surface area contributed by atoms with E-state index in [0.29, 0.717) is 6.04 Å². The molecule has 3 heterocycles. The Bertz CT molecular complexity index is 538. The van der Waals surface area contributed by atoms with Crippen molar-refractivity contribution in [1.82, 2.24) is 9.88 Å². The van der Waals surface area contributed by atoms with E-state index < -0.39 is 0 Å². The predicted octanol–water partition coefficient (Wildman–Crippen LogP) is 3.60. The molecular formula is C15H20N2OS2. The summed E-state index contributed by atoms with van der Waals surface area (Å²) in [4.78, 5) is 9.25. The van der Waals surface area contributed by atoms with Crippen LogP contribution in [0.5, 0.6) is 0 Å². The summed E-state index contributed by atoms with van der Waals surface area (Å²) in [7, 11) is 0. The fourth-order valence-corrected chi connectivity index (χ4v) is 4.45. The van der Waals surface area contributed by atoms with Gasteiger partial charge in [0, 0.05) is 28.5 Å². The van der Waals surface area contributed by atoms with Crippen LogP contribution in [0.25, 0.3) is 0 Å². The van der Waals surface area contributed by atoms with Crippen LogP contribution in [0.1, 0.15) is 40.1 Å². The highest BCUT2D eigenvalue weighted by molar-refractivity contribution is 7.11. The third-order valence-corrected chi connectivity index (χ3v) is 5.77. The molecule has 1 N–H and O–H groups in total. The highest BCUT2D eigenvalue weighted by atomic mass is 32.1. The average molecular weight is 308 g/mol. The molecule has 0 saturated carbocycles. The van der Waals surface area contributed by atoms with E-state index in [-0.39, 0.29) is 6.10 Å². The van der Waals surface area contributed by atoms with E-state index in [9.17, 15) is 5.11 Å². The second-order valence-electron chi connectivity index (χ2n) is 5.38. The minimum Gasteiger partial charge on any atom is -0.388 e. The molecule has 2 atom stereocenters. The third-order valence-electron chi connectivity index (χ3n) is 3.89. The van der Waals surface area contributed by atoms with Crippen molar-refractivity contribution in [2.45, 2.75) is 44.9 Å². The van der Waals surface area contributed by atoms with Crippen molar-refractivity contribution in [3.63, 3.8) is 0 Å². The highest BCUT2D eigenvalue weighted by Crippen LogP contribution is 2.30. The minimum atomic E-state index is -0.316. The molecule has 3 nitrogen and oxygen atoms in total. The van der Waals surface area contributed by atoms with E-state index >= 15 is 0 Å². The van der Waals surface area contributed by atoms with Gasteiger partial charge in [0.15, 0.2) is 0 Å². The van der Waals surface area contributed by atoms with Crippen molar-refractivity contribution in [2.24, 2.45) is 0 Å². The Hall–Kier alpha value is -0.750. The number of hydrogen-bond donors (Lipinski definition) is 1. The van der Waals surface area contributed by atoms with Crippen LogP contribution in [0.15, 0.2) is 23.7 Å². The fourth-order valence-electron chi connectivity index (χ4n) is 2.90. The largest absolute Gasteiger partial charge is 0.388 e. The molecule has 2 aromatic rings. The van der Waals surface area contributed by atoms with Crippen LogP contribution < -0.4 is 0 Å². The number of thiazole rings is 1. The molecule has 0 spiro atoms. The van der Waals surface area contributed by atoms with Gasteiger partial charge >= 0.3 is 0 Å². The Kier molecular flexibility index (Phi) is 4.51. The third kappa shape index (κ3) is 3.28. The molecule has 0 amide bonds. The number of thiophene rings is 1. The Morgan fingerprint density at radius 1 is 1.55 bits per heavy atom. The number of aliphatic hydroxyl groups excluding tert-OH is 1. The number of aromatic nitrogens is 1. The number of aliphatic hydroxyl groups is 1. The molecule has 1 saturated heterocycles. The Balaban J connectivity index is 1.60. The quantitative estimate of drug-likeness (QED) is 0.917. The van der Waals surface area contributed by atoms with Crippen molar-refractivity contribution in [3.8, 4) is 0 Å². The Labute approximate surface area is 127 Å². The molecule has 2 unspecified atom stereocenters. The first-order valence-electron chi connectivity index (χ1n) is 7.09. The number of aryl methyl sites for hydroxylation is 1. The van der Waals surface area contributed by atoms with Crippen LogP contribution in [-0.2, 0) is 6.54 Å². The number of rotatable bonds is 5. The summed E-state index contributed by atoms with van der Waals surface area (Å²) >= 11 is 3.43. The van der Waals surface area contributed by atoms with E-state index in [1.165, 1.54) is 17.7 Å². The lowest BCUT2D eigenvalue weighted by Crippen LogP contribution is -2.30. The van der Waals surface area contributed by atoms with Gasteiger partial charge in [0.2, 0.25) is 0 Å². The van der Waals surface area contributed by atoms with Crippen molar-refractivity contribution >= 4 is 22.7 Å². The molecule has 20 heavy (non-hydrogen) atoms. The molecule has 1 fully saturated rings. The van der Waals surface area contributed by atoms with Crippen LogP contribution >= 0.6 is 22.7 Å². The SMILES string of the molecule is Cc1ncc(CN2CCCC2CC(O)c2cccs2)s1. The van der Waals surface area contributed by atoms with Crippen LogP contribution in [-0.4, -0.2) is 27.6 Å². The maximum absolute atomic E-state index is 10.3. The topological polar surface area (TPSA) is 36.4 Å². The zero-order chi connectivity index (χ0) is 13.9. The van der Waals surface area contributed by atoms with Gasteiger partial charge in [0.05, 0.1) is 11.1 Å². The normalized spacial score (nSPS) is 21.4. The molecule has 2 aromatic heterocycles. The van der Waals surface area contributed by atoms with Gasteiger partial charge in [-0.05, 0) is 44.2 Å². The molecule has 108 valence electrons. The van der Waals surface area contributed by atoms with E-state index in [2.05, 4.69) is 16.8 Å². The van der Waals surface area contributed by atoms with Crippen LogP contribution in [0.3, 0.4) is 0 Å². The van der Waals surface area contributed by atoms with Crippen molar-refractivity contribution in [1.29, 1.82) is 0 Å². The molecular weight excluding hydrogens is 288 g/mol. The lowest BCUT2D eigenvalue weighted by Gasteiger charge is -2.25. The summed E-state index contributed by atoms with van der Waals surface area (Å²) < 4.78 is 0. The zero-order valence-corrected chi connectivity index (χ0v) is 13.3. The first-order chi connectivity index (χ1) is 9.72. The van der Waals surface area contributed by atoms with E-state index in [4.69, 9.17) is 0 Å². The van der Waals surface area contributed by atoms with Crippen LogP contribution in [0.4, 0.5) is 0 Å². The maximum atomic E-state index is 10.3. The summed E-state index contributed by atoms with van der Waals surface area (Å²) in [6.45, 7) is 4.17. The molecule has 0 aliphatic carbocycles. The van der Waals surface area contributed by atoms with E-state index in [1.54, 1.807) is 22.7 Å². The van der Waals surface area contributed by atoms with Gasteiger partial charge in [-0.1, -0.05) is 6.07 Å². The molecule has 0 bridgehead atoms. The lowest BCUT2D eigenvalue weighted by atomic mass is 10.1. The monoisotopic (exact) mass is 308 g/mol. The second-order valence-corrected chi connectivity index (χ2v) is 7.68. The molecule has 3 rings (SSSR count). The van der Waals surface area contributed by atoms with Gasteiger partial charge in [-0.2, -0.15) is 0 Å². The van der Waals surface area contributed by atoms with Gasteiger partial charge in [0.25, 0.3) is 0 Å². The highest BCUT2D eigenvalue weighted by Gasteiger charge is 2.27. The van der Waals surface area contributed by atoms with E-state index in [1.807, 2.05) is 23.7 Å². The predicted molar refractivity (Wildman–Crippen MR) is 84.2 cm³/mol. The molecule has 1 aliphatic rings. The Morgan fingerprint density at radius 2 is 2.45 bits per heavy atom. The maximum Gasteiger partial charge on any atom is 0.0897 e. The number of hydrogen-bond acceptors (Lipinski definition) is 5. The first kappa shape index (κ1) is 14.2. The van der Waals surface area contributed by atoms with Gasteiger partial charge in [-0.25, -0.2) is 4.98 Å². The minimum absolute atomic E-state index is 0.316. The van der Waals surface area contributed by atoms with Gasteiger partial charge in [-0.15, -0.1) is 22.7 Å². The number of likely N-dealkylation sites (tertiary alicyclic amines) is 1. The average Bonchev–Trinajstić information content (AvgIpc) is 3.13. The smallest absolute Gasteiger partial charge is 0.0897 e. The summed E-state index contributed by atoms with van der Waals surface area (Å²) in [5.41, 5.74) is 0. The van der Waals surface area contributed by atoms with Crippen molar-refractivity contribution in [3.05, 3.63) is 38.5 Å². The summed E-state index contributed by atoms with van der Waals surface area (Å²) in [5.74, 6) is 0. The van der Waals surface area contributed by atoms with Crippen molar-refractivity contribution < 1.29 is 5.11 Å². The molecule has 0 aromatic carbocycles. The van der Waals surface area contributed by atoms with Gasteiger partial charge in [-0.3, -0.25) is 4.90 Å². The van der Waals surface area contributed by atoms with Gasteiger partial charge < -0.3 is 5.11 Å². The summed E-state index contributed by atoms with van der Waals surface area (Å²) in [5, 5.41) is 13.5. The van der Waals surface area contributed by atoms with Crippen LogP contribution in [0, 0.1) is 6.92 Å². The van der Waals surface area contributed by atoms with Crippen molar-refractivity contribution in [2.75, 3.05) is 6.54 Å². The standard InChI is InChI=1S/C15H20N2OS2/c1-11-16-9-13(20-11)10-17-6-2-4-12(17)8-14(18)15-5-3-7-19-15/h3,5,7,9,12,14,18H,2,4,6,8,10H2,1H3. The number of nitrogens with zero attached hydrogens (tertiary/aromatic N) is 2.